The topological polar surface area (TPSA) is 58.6 Å². The number of hydrogen-bond donors (Lipinski definition) is 2. The highest BCUT2D eigenvalue weighted by molar-refractivity contribution is 6.33. The minimum absolute atomic E-state index is 0.103. The van der Waals surface area contributed by atoms with Gasteiger partial charge in [-0.15, -0.1) is 0 Å². The molecule has 0 aliphatic rings. The summed E-state index contributed by atoms with van der Waals surface area (Å²) in [5, 5.41) is 13.0. The van der Waals surface area contributed by atoms with E-state index in [1.165, 1.54) is 0 Å². The molecule has 4 nitrogen and oxygen atoms in total. The average Bonchev–Trinajstić information content (AvgIpc) is 2.58. The van der Waals surface area contributed by atoms with Gasteiger partial charge in [0.05, 0.1) is 29.4 Å². The van der Waals surface area contributed by atoms with Crippen molar-refractivity contribution in [2.45, 2.75) is 19.1 Å². The summed E-state index contributed by atoms with van der Waals surface area (Å²) in [7, 11) is 0. The SMILES string of the molecule is C[C@H](OC[C@@H](O)CNC(=O)c1ccccc1Cl)c1ccccc1. The molecule has 2 rings (SSSR count). The van der Waals surface area contributed by atoms with Crippen LogP contribution in [0.4, 0.5) is 0 Å². The van der Waals surface area contributed by atoms with Crippen molar-refractivity contribution in [1.29, 1.82) is 0 Å². The molecule has 0 radical (unpaired) electrons. The van der Waals surface area contributed by atoms with Gasteiger partial charge in [-0.3, -0.25) is 4.79 Å². The number of ether oxygens (including phenoxy) is 1. The first-order chi connectivity index (χ1) is 11.1. The van der Waals surface area contributed by atoms with Crippen LogP contribution in [0.3, 0.4) is 0 Å². The van der Waals surface area contributed by atoms with E-state index >= 15 is 0 Å². The van der Waals surface area contributed by atoms with Crippen LogP contribution in [0.5, 0.6) is 0 Å². The molecule has 2 N–H and O–H groups in total. The van der Waals surface area contributed by atoms with Gasteiger partial charge in [0, 0.05) is 6.54 Å². The van der Waals surface area contributed by atoms with Gasteiger partial charge in [0.25, 0.3) is 5.91 Å². The van der Waals surface area contributed by atoms with E-state index in [0.717, 1.165) is 5.56 Å². The Bertz CT molecular complexity index is 633. The van der Waals surface area contributed by atoms with E-state index in [-0.39, 0.29) is 25.2 Å². The van der Waals surface area contributed by atoms with Crippen molar-refractivity contribution in [3.63, 3.8) is 0 Å². The molecular weight excluding hydrogens is 314 g/mol. The molecular formula is C18H20ClNO3. The van der Waals surface area contributed by atoms with Crippen LogP contribution in [0, 0.1) is 0 Å². The van der Waals surface area contributed by atoms with Crippen molar-refractivity contribution >= 4 is 17.5 Å². The summed E-state index contributed by atoms with van der Waals surface area (Å²) < 4.78 is 5.62. The van der Waals surface area contributed by atoms with Crippen LogP contribution in [-0.2, 0) is 4.74 Å². The Kier molecular flexibility index (Phi) is 6.59. The lowest BCUT2D eigenvalue weighted by atomic mass is 10.1. The van der Waals surface area contributed by atoms with Gasteiger partial charge in [-0.25, -0.2) is 0 Å². The maximum absolute atomic E-state index is 12.0. The maximum atomic E-state index is 12.0. The van der Waals surface area contributed by atoms with E-state index in [2.05, 4.69) is 5.32 Å². The number of aliphatic hydroxyl groups is 1. The Morgan fingerprint density at radius 2 is 1.83 bits per heavy atom. The standard InChI is InChI=1S/C18H20ClNO3/c1-13(14-7-3-2-4-8-14)23-12-15(21)11-20-18(22)16-9-5-6-10-17(16)19/h2-10,13,15,21H,11-12H2,1H3,(H,20,22)/t13-,15-/m0/s1. The summed E-state index contributed by atoms with van der Waals surface area (Å²) in [6.07, 6.45) is -0.905. The smallest absolute Gasteiger partial charge is 0.252 e. The van der Waals surface area contributed by atoms with E-state index in [9.17, 15) is 9.90 Å². The molecule has 0 spiro atoms. The highest BCUT2D eigenvalue weighted by Gasteiger charge is 2.13. The Labute approximate surface area is 141 Å². The van der Waals surface area contributed by atoms with Crippen LogP contribution in [0.1, 0.15) is 28.9 Å². The monoisotopic (exact) mass is 333 g/mol. The van der Waals surface area contributed by atoms with Gasteiger partial charge in [-0.2, -0.15) is 0 Å². The summed E-state index contributed by atoms with van der Waals surface area (Å²) in [5.74, 6) is -0.314. The first-order valence-corrected chi connectivity index (χ1v) is 7.83. The largest absolute Gasteiger partial charge is 0.389 e. The molecule has 2 atom stereocenters. The third-order valence-corrected chi connectivity index (χ3v) is 3.75. The minimum Gasteiger partial charge on any atom is -0.389 e. The normalized spacial score (nSPS) is 13.3. The third-order valence-electron chi connectivity index (χ3n) is 3.42. The molecule has 0 bridgehead atoms. The van der Waals surface area contributed by atoms with Gasteiger partial charge in [-0.05, 0) is 24.6 Å². The quantitative estimate of drug-likeness (QED) is 0.818. The number of benzene rings is 2. The first kappa shape index (κ1) is 17.5. The molecule has 1 amide bonds. The van der Waals surface area contributed by atoms with Crippen LogP contribution in [0.25, 0.3) is 0 Å². The Morgan fingerprint density at radius 1 is 1.17 bits per heavy atom. The number of carbonyl (C=O) groups is 1. The zero-order chi connectivity index (χ0) is 16.7. The van der Waals surface area contributed by atoms with E-state index in [1.54, 1.807) is 24.3 Å². The predicted octanol–water partition coefficient (Wildman–Crippen LogP) is 3.21. The molecule has 0 heterocycles. The second kappa shape index (κ2) is 8.67. The summed E-state index contributed by atoms with van der Waals surface area (Å²) in [6, 6.07) is 16.5. The summed E-state index contributed by atoms with van der Waals surface area (Å²) in [4.78, 5) is 12.0. The Balaban J connectivity index is 1.76. The molecule has 0 fully saturated rings. The van der Waals surface area contributed by atoms with E-state index in [4.69, 9.17) is 16.3 Å². The molecule has 0 saturated heterocycles. The van der Waals surface area contributed by atoms with E-state index < -0.39 is 6.10 Å². The van der Waals surface area contributed by atoms with Crippen LogP contribution in [-0.4, -0.2) is 30.3 Å². The van der Waals surface area contributed by atoms with Gasteiger partial charge < -0.3 is 15.2 Å². The lowest BCUT2D eigenvalue weighted by molar-refractivity contribution is -0.00171. The van der Waals surface area contributed by atoms with Crippen LogP contribution in [0.2, 0.25) is 5.02 Å². The van der Waals surface area contributed by atoms with Crippen molar-refractivity contribution in [1.82, 2.24) is 5.32 Å². The van der Waals surface area contributed by atoms with E-state index in [1.807, 2.05) is 37.3 Å². The number of rotatable bonds is 7. The molecule has 2 aromatic carbocycles. The van der Waals surface area contributed by atoms with Crippen LogP contribution < -0.4 is 5.32 Å². The van der Waals surface area contributed by atoms with Gasteiger partial charge in [0.15, 0.2) is 0 Å². The highest BCUT2D eigenvalue weighted by Crippen LogP contribution is 2.16. The fraction of sp³-hybridized carbons (Fsp3) is 0.278. The third kappa shape index (κ3) is 5.36. The van der Waals surface area contributed by atoms with Crippen molar-refractivity contribution < 1.29 is 14.6 Å². The average molecular weight is 334 g/mol. The summed E-state index contributed by atoms with van der Waals surface area (Å²) >= 11 is 5.96. The molecule has 0 aromatic heterocycles. The summed E-state index contributed by atoms with van der Waals surface area (Å²) in [5.41, 5.74) is 1.43. The first-order valence-electron chi connectivity index (χ1n) is 7.45. The highest BCUT2D eigenvalue weighted by atomic mass is 35.5. The number of hydrogen-bond acceptors (Lipinski definition) is 3. The second-order valence-electron chi connectivity index (χ2n) is 5.23. The van der Waals surface area contributed by atoms with E-state index in [0.29, 0.717) is 10.6 Å². The maximum Gasteiger partial charge on any atom is 0.252 e. The zero-order valence-electron chi connectivity index (χ0n) is 12.9. The minimum atomic E-state index is -0.785. The fourth-order valence-corrected chi connectivity index (χ4v) is 2.31. The number of nitrogens with one attached hydrogen (secondary N) is 1. The van der Waals surface area contributed by atoms with Crippen LogP contribution in [0.15, 0.2) is 54.6 Å². The molecule has 0 aliphatic heterocycles. The van der Waals surface area contributed by atoms with Gasteiger partial charge in [-0.1, -0.05) is 54.1 Å². The van der Waals surface area contributed by atoms with Crippen molar-refractivity contribution in [2.24, 2.45) is 0 Å². The molecule has 5 heteroatoms. The fourth-order valence-electron chi connectivity index (χ4n) is 2.09. The second-order valence-corrected chi connectivity index (χ2v) is 5.64. The number of amides is 1. The van der Waals surface area contributed by atoms with Crippen LogP contribution >= 0.6 is 11.6 Å². The van der Waals surface area contributed by atoms with Crippen molar-refractivity contribution in [3.05, 3.63) is 70.7 Å². The lowest BCUT2D eigenvalue weighted by Crippen LogP contribution is -2.34. The molecule has 0 aliphatic carbocycles. The van der Waals surface area contributed by atoms with Gasteiger partial charge >= 0.3 is 0 Å². The van der Waals surface area contributed by atoms with Gasteiger partial charge in [0.1, 0.15) is 0 Å². The number of aliphatic hydroxyl groups excluding tert-OH is 1. The molecule has 0 saturated carbocycles. The van der Waals surface area contributed by atoms with Crippen molar-refractivity contribution in [2.75, 3.05) is 13.2 Å². The molecule has 122 valence electrons. The number of carbonyl (C=O) groups excluding carboxylic acids is 1. The zero-order valence-corrected chi connectivity index (χ0v) is 13.7. The Morgan fingerprint density at radius 3 is 2.52 bits per heavy atom. The number of halogens is 1. The summed E-state index contributed by atoms with van der Waals surface area (Å²) in [6.45, 7) is 2.16. The molecule has 0 unspecified atom stereocenters. The lowest BCUT2D eigenvalue weighted by Gasteiger charge is -2.17. The molecule has 2 aromatic rings. The Hall–Kier alpha value is -1.88. The predicted molar refractivity (Wildman–Crippen MR) is 90.6 cm³/mol. The molecule has 23 heavy (non-hydrogen) atoms. The van der Waals surface area contributed by atoms with Crippen molar-refractivity contribution in [3.8, 4) is 0 Å². The van der Waals surface area contributed by atoms with Gasteiger partial charge in [0.2, 0.25) is 0 Å².